The van der Waals surface area contributed by atoms with Crippen molar-refractivity contribution in [1.82, 2.24) is 10.2 Å². The summed E-state index contributed by atoms with van der Waals surface area (Å²) in [5.74, 6) is 0.422. The molecule has 0 aliphatic heterocycles. The van der Waals surface area contributed by atoms with Gasteiger partial charge in [-0.25, -0.2) is 0 Å². The third-order valence-corrected chi connectivity index (χ3v) is 2.62. The molecule has 0 saturated heterocycles. The number of aromatic nitrogens is 2. The molecule has 2 aromatic rings. The van der Waals surface area contributed by atoms with E-state index in [2.05, 4.69) is 42.4 Å². The van der Waals surface area contributed by atoms with Crippen molar-refractivity contribution in [3.05, 3.63) is 35.7 Å². The molecule has 1 aromatic carbocycles. The van der Waals surface area contributed by atoms with Crippen LogP contribution in [-0.4, -0.2) is 10.2 Å². The lowest BCUT2D eigenvalue weighted by atomic mass is 9.86. The van der Waals surface area contributed by atoms with Crippen LogP contribution in [0.5, 0.6) is 0 Å². The van der Waals surface area contributed by atoms with Crippen molar-refractivity contribution in [2.45, 2.75) is 32.7 Å². The third-order valence-electron chi connectivity index (χ3n) is 2.62. The van der Waals surface area contributed by atoms with E-state index >= 15 is 0 Å². The number of benzene rings is 1. The summed E-state index contributed by atoms with van der Waals surface area (Å²) in [4.78, 5) is 0. The molecule has 96 valence electrons. The third kappa shape index (κ3) is 2.68. The minimum absolute atomic E-state index is 0.0420. The van der Waals surface area contributed by atoms with Crippen LogP contribution in [0.4, 0.5) is 11.7 Å². The van der Waals surface area contributed by atoms with Crippen molar-refractivity contribution in [2.75, 3.05) is 5.32 Å². The first kappa shape index (κ1) is 12.6. The largest absolute Gasteiger partial charge is 0.406 e. The first-order chi connectivity index (χ1) is 8.50. The number of hydrogen-bond donors (Lipinski definition) is 2. The molecule has 3 N–H and O–H groups in total. The minimum atomic E-state index is 0.0420. The number of nitrogens with two attached hydrogens (primary N) is 1. The van der Waals surface area contributed by atoms with E-state index in [9.17, 15) is 0 Å². The quantitative estimate of drug-likeness (QED) is 0.870. The Bertz CT molecular complexity index is 528. The first-order valence-corrected chi connectivity index (χ1v) is 5.89. The lowest BCUT2D eigenvalue weighted by Crippen LogP contribution is -2.13. The summed E-state index contributed by atoms with van der Waals surface area (Å²) in [7, 11) is 0. The zero-order valence-electron chi connectivity index (χ0n) is 10.9. The van der Waals surface area contributed by atoms with Crippen LogP contribution in [0, 0.1) is 0 Å². The summed E-state index contributed by atoms with van der Waals surface area (Å²) in [5, 5.41) is 10.9. The molecule has 0 aliphatic carbocycles. The first-order valence-electron chi connectivity index (χ1n) is 5.89. The molecule has 0 saturated carbocycles. The molecule has 0 unspecified atom stereocenters. The number of nitrogens with one attached hydrogen (secondary N) is 1. The minimum Gasteiger partial charge on any atom is -0.406 e. The van der Waals surface area contributed by atoms with Gasteiger partial charge in [-0.3, -0.25) is 0 Å². The molecule has 0 bridgehead atoms. The van der Waals surface area contributed by atoms with Crippen LogP contribution in [0.1, 0.15) is 32.2 Å². The molecule has 0 spiro atoms. The van der Waals surface area contributed by atoms with E-state index in [1.807, 2.05) is 18.2 Å². The van der Waals surface area contributed by atoms with Gasteiger partial charge in [-0.1, -0.05) is 44.1 Å². The van der Waals surface area contributed by atoms with E-state index in [0.717, 1.165) is 5.69 Å². The number of para-hydroxylation sites is 1. The molecule has 0 atom stereocenters. The van der Waals surface area contributed by atoms with Crippen LogP contribution in [0.2, 0.25) is 0 Å². The fourth-order valence-corrected chi connectivity index (χ4v) is 1.75. The summed E-state index contributed by atoms with van der Waals surface area (Å²) in [6, 6.07) is 8.44. The topological polar surface area (TPSA) is 77.0 Å². The zero-order valence-corrected chi connectivity index (χ0v) is 10.9. The normalized spacial score (nSPS) is 11.6. The molecule has 0 aliphatic rings. The van der Waals surface area contributed by atoms with E-state index in [-0.39, 0.29) is 12.0 Å². The van der Waals surface area contributed by atoms with Crippen molar-refractivity contribution < 1.29 is 4.42 Å². The van der Waals surface area contributed by atoms with Crippen LogP contribution >= 0.6 is 0 Å². The van der Waals surface area contributed by atoms with Crippen LogP contribution in [0.25, 0.3) is 0 Å². The number of rotatable bonds is 3. The van der Waals surface area contributed by atoms with Crippen molar-refractivity contribution in [2.24, 2.45) is 5.73 Å². The maximum Gasteiger partial charge on any atom is 0.320 e. The Balaban J connectivity index is 2.29. The molecule has 0 amide bonds. The second kappa shape index (κ2) is 4.78. The molecular weight excluding hydrogens is 228 g/mol. The molecule has 2 rings (SSSR count). The van der Waals surface area contributed by atoms with Gasteiger partial charge in [-0.05, 0) is 17.0 Å². The van der Waals surface area contributed by atoms with Gasteiger partial charge in [0.05, 0.1) is 6.54 Å². The maximum absolute atomic E-state index is 5.43. The molecule has 5 heteroatoms. The van der Waals surface area contributed by atoms with Gasteiger partial charge < -0.3 is 15.5 Å². The van der Waals surface area contributed by atoms with Crippen molar-refractivity contribution in [1.29, 1.82) is 0 Å². The summed E-state index contributed by atoms with van der Waals surface area (Å²) < 4.78 is 5.35. The monoisotopic (exact) mass is 246 g/mol. The van der Waals surface area contributed by atoms with Gasteiger partial charge in [0.2, 0.25) is 5.89 Å². The average Bonchev–Trinajstić information content (AvgIpc) is 2.76. The Kier molecular flexibility index (Phi) is 3.34. The molecule has 0 radical (unpaired) electrons. The lowest BCUT2D eigenvalue weighted by Gasteiger charge is -2.22. The van der Waals surface area contributed by atoms with Crippen molar-refractivity contribution in [3.63, 3.8) is 0 Å². The van der Waals surface area contributed by atoms with E-state index < -0.39 is 0 Å². The van der Waals surface area contributed by atoms with Crippen LogP contribution in [0.3, 0.4) is 0 Å². The summed E-state index contributed by atoms with van der Waals surface area (Å²) in [6.45, 7) is 6.72. The summed E-state index contributed by atoms with van der Waals surface area (Å²) in [5.41, 5.74) is 7.64. The van der Waals surface area contributed by atoms with Crippen molar-refractivity contribution >= 4 is 11.7 Å². The fraction of sp³-hybridized carbons (Fsp3) is 0.385. The van der Waals surface area contributed by atoms with E-state index in [1.165, 1.54) is 5.56 Å². The molecule has 1 aromatic heterocycles. The van der Waals surface area contributed by atoms with Gasteiger partial charge in [0.25, 0.3) is 0 Å². The van der Waals surface area contributed by atoms with Gasteiger partial charge in [0.15, 0.2) is 0 Å². The maximum atomic E-state index is 5.43. The highest BCUT2D eigenvalue weighted by molar-refractivity contribution is 5.59. The Morgan fingerprint density at radius 2 is 1.94 bits per heavy atom. The predicted molar refractivity (Wildman–Crippen MR) is 70.6 cm³/mol. The summed E-state index contributed by atoms with van der Waals surface area (Å²) >= 11 is 0. The van der Waals surface area contributed by atoms with Gasteiger partial charge in [-0.15, -0.1) is 5.10 Å². The molecular formula is C13H18N4O. The highest BCUT2D eigenvalue weighted by atomic mass is 16.4. The second-order valence-electron chi connectivity index (χ2n) is 5.13. The molecule has 5 nitrogen and oxygen atoms in total. The van der Waals surface area contributed by atoms with E-state index in [4.69, 9.17) is 10.2 Å². The van der Waals surface area contributed by atoms with Crippen LogP contribution in [0.15, 0.2) is 28.7 Å². The number of nitrogens with zero attached hydrogens (tertiary/aromatic N) is 2. The smallest absolute Gasteiger partial charge is 0.320 e. The van der Waals surface area contributed by atoms with Gasteiger partial charge in [-0.2, -0.15) is 0 Å². The van der Waals surface area contributed by atoms with Gasteiger partial charge >= 0.3 is 6.01 Å². The Hall–Kier alpha value is -1.88. The predicted octanol–water partition coefficient (Wildman–Crippen LogP) is 2.57. The zero-order chi connectivity index (χ0) is 13.2. The molecule has 18 heavy (non-hydrogen) atoms. The average molecular weight is 246 g/mol. The fourth-order valence-electron chi connectivity index (χ4n) is 1.75. The number of anilines is 2. The standard InChI is InChI=1S/C13H18N4O/c1-13(2,3)9-6-4-5-7-10(9)15-12-17-16-11(8-14)18-12/h4-7H,8,14H2,1-3H3,(H,15,17). The van der Waals surface area contributed by atoms with Gasteiger partial charge in [0.1, 0.15) is 0 Å². The highest BCUT2D eigenvalue weighted by Gasteiger charge is 2.18. The van der Waals surface area contributed by atoms with E-state index in [1.54, 1.807) is 0 Å². The van der Waals surface area contributed by atoms with Crippen LogP contribution in [-0.2, 0) is 12.0 Å². The van der Waals surface area contributed by atoms with Gasteiger partial charge in [0, 0.05) is 5.69 Å². The Morgan fingerprint density at radius 3 is 2.56 bits per heavy atom. The molecule has 1 heterocycles. The second-order valence-corrected chi connectivity index (χ2v) is 5.13. The Labute approximate surface area is 106 Å². The lowest BCUT2D eigenvalue weighted by molar-refractivity contribution is 0.511. The molecule has 0 fully saturated rings. The van der Waals surface area contributed by atoms with Crippen molar-refractivity contribution in [3.8, 4) is 0 Å². The SMILES string of the molecule is CC(C)(C)c1ccccc1Nc1nnc(CN)o1. The highest BCUT2D eigenvalue weighted by Crippen LogP contribution is 2.30. The van der Waals surface area contributed by atoms with E-state index in [0.29, 0.717) is 11.9 Å². The summed E-state index contributed by atoms with van der Waals surface area (Å²) in [6.07, 6.45) is 0. The van der Waals surface area contributed by atoms with Crippen LogP contribution < -0.4 is 11.1 Å². The number of hydrogen-bond acceptors (Lipinski definition) is 5. The Morgan fingerprint density at radius 1 is 1.22 bits per heavy atom.